The van der Waals surface area contributed by atoms with E-state index in [9.17, 15) is 19.8 Å². The molecule has 3 atom stereocenters. The van der Waals surface area contributed by atoms with E-state index >= 15 is 0 Å². The van der Waals surface area contributed by atoms with Crippen LogP contribution in [0.25, 0.3) is 0 Å². The topological polar surface area (TPSA) is 119 Å². The third-order valence-corrected chi connectivity index (χ3v) is 4.05. The summed E-state index contributed by atoms with van der Waals surface area (Å²) in [5, 5.41) is 34.2. The zero-order valence-corrected chi connectivity index (χ0v) is 13.6. The minimum Gasteiger partial charge on any atom is -0.396 e. The second-order valence-corrected chi connectivity index (χ2v) is 5.88. The van der Waals surface area contributed by atoms with Crippen molar-refractivity contribution in [3.05, 3.63) is 35.9 Å². The van der Waals surface area contributed by atoms with Gasteiger partial charge in [-0.1, -0.05) is 19.1 Å². The van der Waals surface area contributed by atoms with Crippen molar-refractivity contribution in [3.63, 3.8) is 0 Å². The molecule has 0 saturated heterocycles. The highest BCUT2D eigenvalue weighted by molar-refractivity contribution is 6.06. The van der Waals surface area contributed by atoms with Gasteiger partial charge in [0.2, 0.25) is 0 Å². The maximum absolute atomic E-state index is 12.3. The minimum atomic E-state index is -1.77. The Labute approximate surface area is 140 Å². The number of carbonyl (C=O) groups excluding carboxylic acids is 2. The number of rotatable bonds is 6. The normalized spacial score (nSPS) is 22.1. The molecule has 0 radical (unpaired) electrons. The molecule has 0 fully saturated rings. The van der Waals surface area contributed by atoms with Gasteiger partial charge in [0.1, 0.15) is 6.10 Å². The number of hydrogen-bond donors (Lipinski definition) is 5. The highest BCUT2D eigenvalue weighted by Crippen LogP contribution is 2.42. The molecule has 0 aliphatic carbocycles. The average molecular weight is 334 g/mol. The van der Waals surface area contributed by atoms with E-state index in [1.165, 1.54) is 13.0 Å². The van der Waals surface area contributed by atoms with Gasteiger partial charge >= 0.3 is 0 Å². The maximum atomic E-state index is 12.3. The fraction of sp³-hybridized carbons (Fsp3) is 0.412. The third-order valence-electron chi connectivity index (χ3n) is 4.05. The smallest absolute Gasteiger partial charge is 0.261 e. The monoisotopic (exact) mass is 334 g/mol. The summed E-state index contributed by atoms with van der Waals surface area (Å²) < 4.78 is 0. The Bertz CT molecular complexity index is 671. The average Bonchev–Trinajstić information content (AvgIpc) is 2.79. The van der Waals surface area contributed by atoms with Crippen molar-refractivity contribution in [1.29, 1.82) is 0 Å². The van der Waals surface area contributed by atoms with Crippen molar-refractivity contribution in [2.75, 3.05) is 17.2 Å². The molecule has 0 saturated carbocycles. The molecule has 1 aromatic carbocycles. The summed E-state index contributed by atoms with van der Waals surface area (Å²) >= 11 is 0. The van der Waals surface area contributed by atoms with Crippen LogP contribution in [0, 0.1) is 5.92 Å². The number of benzene rings is 1. The van der Waals surface area contributed by atoms with Crippen LogP contribution in [0.2, 0.25) is 0 Å². The number of anilines is 2. The van der Waals surface area contributed by atoms with Crippen LogP contribution in [0.5, 0.6) is 0 Å². The van der Waals surface area contributed by atoms with E-state index in [1.807, 2.05) is 0 Å². The number of carbonyl (C=O) groups is 2. The van der Waals surface area contributed by atoms with Crippen LogP contribution < -0.4 is 10.6 Å². The molecule has 130 valence electrons. The Morgan fingerprint density at radius 2 is 2.12 bits per heavy atom. The Balaban J connectivity index is 2.34. The van der Waals surface area contributed by atoms with Gasteiger partial charge in [-0.25, -0.2) is 0 Å². The first-order valence-corrected chi connectivity index (χ1v) is 7.75. The van der Waals surface area contributed by atoms with E-state index in [0.717, 1.165) is 0 Å². The molecule has 7 nitrogen and oxygen atoms in total. The second-order valence-electron chi connectivity index (χ2n) is 5.88. The van der Waals surface area contributed by atoms with E-state index in [1.54, 1.807) is 31.2 Å². The van der Waals surface area contributed by atoms with E-state index in [0.29, 0.717) is 23.4 Å². The number of fused-ring (bicyclic) bond motifs is 1. The van der Waals surface area contributed by atoms with Crippen molar-refractivity contribution >= 4 is 23.2 Å². The van der Waals surface area contributed by atoms with Crippen molar-refractivity contribution < 1.29 is 24.9 Å². The molecule has 0 spiro atoms. The van der Waals surface area contributed by atoms with Crippen LogP contribution >= 0.6 is 0 Å². The molecule has 1 aromatic rings. The lowest BCUT2D eigenvalue weighted by Crippen LogP contribution is -2.39. The summed E-state index contributed by atoms with van der Waals surface area (Å²) in [6.07, 6.45) is 2.63. The summed E-state index contributed by atoms with van der Waals surface area (Å²) in [5.74, 6) is -1.66. The Morgan fingerprint density at radius 3 is 2.75 bits per heavy atom. The molecule has 5 N–H and O–H groups in total. The van der Waals surface area contributed by atoms with E-state index in [4.69, 9.17) is 5.11 Å². The largest absolute Gasteiger partial charge is 0.396 e. The third kappa shape index (κ3) is 3.33. The van der Waals surface area contributed by atoms with Crippen LogP contribution in [0.3, 0.4) is 0 Å². The van der Waals surface area contributed by atoms with Crippen molar-refractivity contribution in [2.24, 2.45) is 5.92 Å². The van der Waals surface area contributed by atoms with Crippen molar-refractivity contribution in [1.82, 2.24) is 0 Å². The summed E-state index contributed by atoms with van der Waals surface area (Å²) in [4.78, 5) is 23.9. The molecule has 0 aromatic heterocycles. The molecule has 24 heavy (non-hydrogen) atoms. The standard InChI is InChI=1S/C17H22N2O5/c1-10(5-3-4-8-20)17(24)13-9-12(18-15(22)11(2)21)6-7-14(13)19-16(17)23/h3,5-7,9-11,20-21,24H,4,8H2,1-2H3,(H,18,22)(H,19,23)/b5-3+/t10-,11+,17+/m1/s1. The highest BCUT2D eigenvalue weighted by Gasteiger charge is 2.48. The molecule has 7 heteroatoms. The predicted molar refractivity (Wildman–Crippen MR) is 89.3 cm³/mol. The molecular weight excluding hydrogens is 312 g/mol. The van der Waals surface area contributed by atoms with Crippen LogP contribution in [0.15, 0.2) is 30.4 Å². The second kappa shape index (κ2) is 7.12. The number of nitrogens with one attached hydrogen (secondary N) is 2. The van der Waals surface area contributed by atoms with Crippen LogP contribution in [0.4, 0.5) is 11.4 Å². The number of aliphatic hydroxyl groups is 3. The summed E-state index contributed by atoms with van der Waals surface area (Å²) in [7, 11) is 0. The quantitative estimate of drug-likeness (QED) is 0.491. The maximum Gasteiger partial charge on any atom is 0.261 e. The Morgan fingerprint density at radius 1 is 1.42 bits per heavy atom. The van der Waals surface area contributed by atoms with E-state index in [-0.39, 0.29) is 6.61 Å². The minimum absolute atomic E-state index is 0.0139. The first-order chi connectivity index (χ1) is 11.3. The molecule has 2 rings (SSSR count). The van der Waals surface area contributed by atoms with Gasteiger partial charge in [-0.3, -0.25) is 9.59 Å². The molecule has 0 unspecified atom stereocenters. The molecule has 1 aliphatic heterocycles. The first-order valence-electron chi connectivity index (χ1n) is 7.75. The van der Waals surface area contributed by atoms with Gasteiger partial charge in [-0.2, -0.15) is 0 Å². The van der Waals surface area contributed by atoms with Gasteiger partial charge in [-0.05, 0) is 31.5 Å². The molecule has 0 bridgehead atoms. The number of aliphatic hydroxyl groups excluding tert-OH is 2. The zero-order chi connectivity index (χ0) is 17.9. The Kier molecular flexibility index (Phi) is 5.38. The first kappa shape index (κ1) is 18.1. The van der Waals surface area contributed by atoms with Crippen LogP contribution in [0.1, 0.15) is 25.8 Å². The fourth-order valence-corrected chi connectivity index (χ4v) is 2.60. The summed E-state index contributed by atoms with van der Waals surface area (Å²) in [6, 6.07) is 4.69. The lowest BCUT2D eigenvalue weighted by Gasteiger charge is -2.26. The molecule has 1 heterocycles. The molecule has 1 aliphatic rings. The van der Waals surface area contributed by atoms with E-state index < -0.39 is 29.4 Å². The highest BCUT2D eigenvalue weighted by atomic mass is 16.3. The molecular formula is C17H22N2O5. The van der Waals surface area contributed by atoms with Crippen LogP contribution in [-0.4, -0.2) is 39.8 Å². The van der Waals surface area contributed by atoms with Crippen LogP contribution in [-0.2, 0) is 15.2 Å². The lowest BCUT2D eigenvalue weighted by atomic mass is 9.82. The fourth-order valence-electron chi connectivity index (χ4n) is 2.60. The summed E-state index contributed by atoms with van der Waals surface area (Å²) in [6.45, 7) is 3.03. The SMILES string of the molecule is C[C@H](O)C(=O)Nc1ccc2c(c1)[C@@](O)([C@H](C)/C=C/CCO)C(=O)N2. The van der Waals surface area contributed by atoms with Gasteiger partial charge in [0.15, 0.2) is 5.60 Å². The molecule has 2 amide bonds. The van der Waals surface area contributed by atoms with Gasteiger partial charge in [-0.15, -0.1) is 0 Å². The zero-order valence-electron chi connectivity index (χ0n) is 13.6. The van der Waals surface area contributed by atoms with Gasteiger partial charge in [0.25, 0.3) is 11.8 Å². The summed E-state index contributed by atoms with van der Waals surface area (Å²) in [5.41, 5.74) is -0.564. The van der Waals surface area contributed by atoms with Gasteiger partial charge in [0.05, 0.1) is 0 Å². The van der Waals surface area contributed by atoms with Gasteiger partial charge < -0.3 is 26.0 Å². The lowest BCUT2D eigenvalue weighted by molar-refractivity contribution is -0.137. The number of hydrogen-bond acceptors (Lipinski definition) is 5. The van der Waals surface area contributed by atoms with Crippen molar-refractivity contribution in [2.45, 2.75) is 32.0 Å². The Hall–Kier alpha value is -2.22. The van der Waals surface area contributed by atoms with Crippen molar-refractivity contribution in [3.8, 4) is 0 Å². The number of amides is 2. The van der Waals surface area contributed by atoms with E-state index in [2.05, 4.69) is 10.6 Å². The van der Waals surface area contributed by atoms with Gasteiger partial charge in [0, 0.05) is 29.5 Å². The predicted octanol–water partition coefficient (Wildman–Crippen LogP) is 0.720.